The van der Waals surface area contributed by atoms with Crippen molar-refractivity contribution in [3.05, 3.63) is 53.7 Å². The fraction of sp³-hybridized carbons (Fsp3) is 0.400. The molecule has 6 nitrogen and oxygen atoms in total. The Labute approximate surface area is 153 Å². The van der Waals surface area contributed by atoms with Crippen LogP contribution in [-0.4, -0.2) is 49.6 Å². The average molecular weight is 352 g/mol. The van der Waals surface area contributed by atoms with Crippen LogP contribution in [0.2, 0.25) is 0 Å². The fourth-order valence-electron chi connectivity index (χ4n) is 4.57. The molecule has 2 aromatic rings. The zero-order valence-corrected chi connectivity index (χ0v) is 15.1. The molecule has 4 rings (SSSR count). The highest BCUT2D eigenvalue weighted by molar-refractivity contribution is 5.97. The van der Waals surface area contributed by atoms with E-state index >= 15 is 0 Å². The topological polar surface area (TPSA) is 71.7 Å². The fourth-order valence-corrected chi connectivity index (χ4v) is 4.57. The van der Waals surface area contributed by atoms with Gasteiger partial charge in [-0.3, -0.25) is 9.69 Å². The molecule has 2 aliphatic rings. The quantitative estimate of drug-likeness (QED) is 0.910. The molecule has 2 fully saturated rings. The highest BCUT2D eigenvalue weighted by Crippen LogP contribution is 2.45. The van der Waals surface area contributed by atoms with Crippen molar-refractivity contribution in [3.8, 4) is 5.75 Å². The van der Waals surface area contributed by atoms with E-state index in [1.54, 1.807) is 25.4 Å². The van der Waals surface area contributed by atoms with Gasteiger partial charge >= 0.3 is 0 Å². The van der Waals surface area contributed by atoms with Gasteiger partial charge in [0.2, 0.25) is 0 Å². The molecule has 1 aromatic heterocycles. The monoisotopic (exact) mass is 352 g/mol. The molecule has 26 heavy (non-hydrogen) atoms. The molecule has 6 heteroatoms. The van der Waals surface area contributed by atoms with Crippen molar-refractivity contribution in [2.24, 2.45) is 17.6 Å². The molecule has 1 aromatic carbocycles. The number of anilines is 1. The van der Waals surface area contributed by atoms with Gasteiger partial charge in [0.25, 0.3) is 5.91 Å². The Morgan fingerprint density at radius 3 is 2.65 bits per heavy atom. The Balaban J connectivity index is 1.60. The first kappa shape index (κ1) is 16.8. The first-order chi connectivity index (χ1) is 12.6. The second-order valence-electron chi connectivity index (χ2n) is 7.23. The van der Waals surface area contributed by atoms with Gasteiger partial charge in [-0.2, -0.15) is 0 Å². The number of benzene rings is 1. The number of aromatic nitrogens is 1. The van der Waals surface area contributed by atoms with Crippen LogP contribution in [0.4, 0.5) is 5.82 Å². The first-order valence-corrected chi connectivity index (χ1v) is 8.92. The maximum Gasteiger partial charge on any atom is 0.252 e. The highest BCUT2D eigenvalue weighted by atomic mass is 16.5. The van der Waals surface area contributed by atoms with Gasteiger partial charge in [0.15, 0.2) is 0 Å². The third-order valence-corrected chi connectivity index (χ3v) is 5.70. The number of primary amides is 1. The molecule has 136 valence electrons. The number of methoxy groups -OCH3 is 1. The van der Waals surface area contributed by atoms with Gasteiger partial charge in [-0.1, -0.05) is 12.1 Å². The van der Waals surface area contributed by atoms with Crippen LogP contribution in [0.15, 0.2) is 42.6 Å². The van der Waals surface area contributed by atoms with Crippen LogP contribution < -0.4 is 15.4 Å². The van der Waals surface area contributed by atoms with E-state index in [2.05, 4.69) is 34.0 Å². The minimum Gasteiger partial charge on any atom is -0.497 e. The molecule has 3 heterocycles. The van der Waals surface area contributed by atoms with E-state index in [0.717, 1.165) is 25.4 Å². The lowest BCUT2D eigenvalue weighted by Gasteiger charge is -2.27. The Kier molecular flexibility index (Phi) is 4.28. The second-order valence-corrected chi connectivity index (χ2v) is 7.23. The summed E-state index contributed by atoms with van der Waals surface area (Å²) < 4.78 is 5.28. The van der Waals surface area contributed by atoms with Crippen molar-refractivity contribution in [2.75, 3.05) is 38.7 Å². The summed E-state index contributed by atoms with van der Waals surface area (Å²) in [5.41, 5.74) is 7.35. The molecule has 0 saturated carbocycles. The summed E-state index contributed by atoms with van der Waals surface area (Å²) >= 11 is 0. The highest BCUT2D eigenvalue weighted by Gasteiger charge is 2.46. The van der Waals surface area contributed by atoms with E-state index in [-0.39, 0.29) is 0 Å². The largest absolute Gasteiger partial charge is 0.497 e. The summed E-state index contributed by atoms with van der Waals surface area (Å²) in [7, 11) is 3.87. The minimum absolute atomic E-state index is 0.358. The van der Waals surface area contributed by atoms with Gasteiger partial charge < -0.3 is 15.4 Å². The van der Waals surface area contributed by atoms with E-state index < -0.39 is 5.91 Å². The summed E-state index contributed by atoms with van der Waals surface area (Å²) in [6, 6.07) is 12.2. The molecule has 0 bridgehead atoms. The van der Waals surface area contributed by atoms with Crippen molar-refractivity contribution in [2.45, 2.75) is 6.04 Å². The van der Waals surface area contributed by atoms with Crippen LogP contribution >= 0.6 is 0 Å². The van der Waals surface area contributed by atoms with E-state index in [4.69, 9.17) is 10.5 Å². The summed E-state index contributed by atoms with van der Waals surface area (Å²) in [5.74, 6) is 2.21. The zero-order chi connectivity index (χ0) is 18.3. The molecule has 0 unspecified atom stereocenters. The van der Waals surface area contributed by atoms with Gasteiger partial charge in [0.1, 0.15) is 11.6 Å². The Hall–Kier alpha value is -2.60. The van der Waals surface area contributed by atoms with Crippen LogP contribution in [-0.2, 0) is 0 Å². The first-order valence-electron chi connectivity index (χ1n) is 8.92. The van der Waals surface area contributed by atoms with Crippen molar-refractivity contribution in [1.82, 2.24) is 9.88 Å². The van der Waals surface area contributed by atoms with Gasteiger partial charge in [0, 0.05) is 37.8 Å². The lowest BCUT2D eigenvalue weighted by atomic mass is 9.89. The number of pyridine rings is 1. The van der Waals surface area contributed by atoms with Crippen LogP contribution in [0.1, 0.15) is 22.0 Å². The Morgan fingerprint density at radius 2 is 1.96 bits per heavy atom. The maximum absolute atomic E-state index is 11.8. The number of carbonyl (C=O) groups is 1. The third kappa shape index (κ3) is 2.80. The second kappa shape index (κ2) is 6.61. The molecule has 0 spiro atoms. The van der Waals surface area contributed by atoms with E-state index in [1.165, 1.54) is 5.56 Å². The molecule has 1 amide bonds. The number of likely N-dealkylation sites (tertiary alicyclic amines) is 1. The van der Waals surface area contributed by atoms with Crippen LogP contribution in [0.25, 0.3) is 0 Å². The third-order valence-electron chi connectivity index (χ3n) is 5.70. The molecule has 2 N–H and O–H groups in total. The summed E-state index contributed by atoms with van der Waals surface area (Å²) in [6.07, 6.45) is 1.73. The predicted octanol–water partition coefficient (Wildman–Crippen LogP) is 1.93. The number of fused-ring (bicyclic) bond motifs is 1. The number of ether oxygens (including phenoxy) is 1. The maximum atomic E-state index is 11.8. The lowest BCUT2D eigenvalue weighted by Crippen LogP contribution is -2.31. The van der Waals surface area contributed by atoms with Crippen molar-refractivity contribution < 1.29 is 9.53 Å². The molecule has 3 atom stereocenters. The van der Waals surface area contributed by atoms with Gasteiger partial charge in [0.05, 0.1) is 12.7 Å². The lowest BCUT2D eigenvalue weighted by molar-refractivity contribution is 0.100. The van der Waals surface area contributed by atoms with Crippen molar-refractivity contribution in [3.63, 3.8) is 0 Å². The van der Waals surface area contributed by atoms with E-state index in [1.807, 2.05) is 12.1 Å². The molecule has 2 aliphatic heterocycles. The standard InChI is InChI=1S/C20H24N4O2/c1-23-10-14-11-24(20-16(19(21)25)4-3-9-22-20)12-17(14)18(23)13-5-7-15(26-2)8-6-13/h3-9,14,17-18H,10-12H2,1-2H3,(H2,21,25)/t14-,17+,18-/m0/s1. The van der Waals surface area contributed by atoms with Crippen LogP contribution in [0.3, 0.4) is 0 Å². The number of carbonyl (C=O) groups excluding carboxylic acids is 1. The molecular weight excluding hydrogens is 328 g/mol. The minimum atomic E-state index is -0.422. The molecule has 2 saturated heterocycles. The Bertz CT molecular complexity index is 808. The van der Waals surface area contributed by atoms with E-state index in [9.17, 15) is 4.79 Å². The van der Waals surface area contributed by atoms with E-state index in [0.29, 0.717) is 29.3 Å². The smallest absolute Gasteiger partial charge is 0.252 e. The SMILES string of the molecule is COc1ccc([C@H]2[C@@H]3CN(c4ncccc4C(N)=O)C[C@@H]3CN2C)cc1. The van der Waals surface area contributed by atoms with Gasteiger partial charge in [-0.15, -0.1) is 0 Å². The number of hydrogen-bond donors (Lipinski definition) is 1. The normalized spacial score (nSPS) is 25.3. The number of rotatable bonds is 4. The predicted molar refractivity (Wildman–Crippen MR) is 100 cm³/mol. The molecule has 0 radical (unpaired) electrons. The Morgan fingerprint density at radius 1 is 1.19 bits per heavy atom. The molecular formula is C20H24N4O2. The zero-order valence-electron chi connectivity index (χ0n) is 15.1. The number of hydrogen-bond acceptors (Lipinski definition) is 5. The summed E-state index contributed by atoms with van der Waals surface area (Å²) in [6.45, 7) is 2.82. The average Bonchev–Trinajstić information content (AvgIpc) is 3.18. The van der Waals surface area contributed by atoms with Gasteiger partial charge in [-0.05, 0) is 42.8 Å². The van der Waals surface area contributed by atoms with Crippen molar-refractivity contribution >= 4 is 11.7 Å². The number of nitrogens with zero attached hydrogens (tertiary/aromatic N) is 3. The van der Waals surface area contributed by atoms with Crippen molar-refractivity contribution in [1.29, 1.82) is 0 Å². The summed E-state index contributed by atoms with van der Waals surface area (Å²) in [4.78, 5) is 20.9. The van der Waals surface area contributed by atoms with Gasteiger partial charge in [-0.25, -0.2) is 4.98 Å². The number of nitrogens with two attached hydrogens (primary N) is 1. The van der Waals surface area contributed by atoms with Crippen LogP contribution in [0.5, 0.6) is 5.75 Å². The number of amides is 1. The summed E-state index contributed by atoms with van der Waals surface area (Å²) in [5, 5.41) is 0. The molecule has 0 aliphatic carbocycles. The van der Waals surface area contributed by atoms with Crippen LogP contribution in [0, 0.1) is 11.8 Å².